The molecule has 7 nitrogen and oxygen atoms in total. The third-order valence-electron chi connectivity index (χ3n) is 4.80. The van der Waals surface area contributed by atoms with E-state index in [0.29, 0.717) is 25.2 Å². The van der Waals surface area contributed by atoms with Gasteiger partial charge in [-0.15, -0.1) is 24.0 Å². The van der Waals surface area contributed by atoms with Crippen molar-refractivity contribution in [3.8, 4) is 0 Å². The van der Waals surface area contributed by atoms with Crippen molar-refractivity contribution in [2.75, 3.05) is 32.9 Å². The summed E-state index contributed by atoms with van der Waals surface area (Å²) in [6.07, 6.45) is 5.65. The first-order valence-corrected chi connectivity index (χ1v) is 10.4. The fourth-order valence-electron chi connectivity index (χ4n) is 3.17. The minimum absolute atomic E-state index is 0. The van der Waals surface area contributed by atoms with Crippen molar-refractivity contribution in [1.82, 2.24) is 15.8 Å². The molecule has 0 radical (unpaired) electrons. The maximum absolute atomic E-state index is 5.69. The van der Waals surface area contributed by atoms with Gasteiger partial charge in [-0.2, -0.15) is 0 Å². The molecule has 0 saturated carbocycles. The van der Waals surface area contributed by atoms with Gasteiger partial charge in [-0.1, -0.05) is 19.0 Å². The molecule has 0 aromatic carbocycles. The third kappa shape index (κ3) is 9.09. The number of hydrogen-bond acceptors (Lipinski definition) is 5. The molecular weight excluding hydrogens is 471 g/mol. The van der Waals surface area contributed by atoms with Crippen LogP contribution in [0.3, 0.4) is 0 Å². The zero-order chi connectivity index (χ0) is 19.3. The van der Waals surface area contributed by atoms with Gasteiger partial charge in [0.2, 0.25) is 0 Å². The van der Waals surface area contributed by atoms with Gasteiger partial charge in [-0.05, 0) is 39.0 Å². The molecular formula is C20H37IN4O3. The molecule has 2 heterocycles. The molecule has 1 unspecified atom stereocenters. The molecule has 2 rings (SSSR count). The molecule has 1 aliphatic rings. The second-order valence-electron chi connectivity index (χ2n) is 6.92. The number of hydrogen-bond donors (Lipinski definition) is 2. The van der Waals surface area contributed by atoms with Crippen molar-refractivity contribution >= 4 is 29.9 Å². The van der Waals surface area contributed by atoms with E-state index in [1.54, 1.807) is 0 Å². The van der Waals surface area contributed by atoms with Crippen LogP contribution in [0.1, 0.15) is 70.2 Å². The van der Waals surface area contributed by atoms with E-state index in [1.807, 2.05) is 6.07 Å². The van der Waals surface area contributed by atoms with Crippen LogP contribution in [0.5, 0.6) is 0 Å². The fourth-order valence-corrected chi connectivity index (χ4v) is 3.17. The van der Waals surface area contributed by atoms with Crippen molar-refractivity contribution in [1.29, 1.82) is 0 Å². The number of aliphatic imine (C=N–C) groups is 1. The summed E-state index contributed by atoms with van der Waals surface area (Å²) in [4.78, 5) is 4.59. The number of aromatic nitrogens is 1. The van der Waals surface area contributed by atoms with Crippen molar-refractivity contribution in [3.63, 3.8) is 0 Å². The Kier molecular flexibility index (Phi) is 13.5. The normalized spacial score (nSPS) is 17.0. The number of ether oxygens (including phenoxy) is 2. The summed E-state index contributed by atoms with van der Waals surface area (Å²) in [5.74, 6) is 2.05. The van der Waals surface area contributed by atoms with Gasteiger partial charge in [0.1, 0.15) is 6.54 Å². The van der Waals surface area contributed by atoms with Crippen LogP contribution in [0.15, 0.2) is 15.6 Å². The number of nitrogens with one attached hydrogen (secondary N) is 2. The Balaban J connectivity index is 0.00000392. The number of rotatable bonds is 12. The van der Waals surface area contributed by atoms with E-state index in [0.717, 1.165) is 75.8 Å². The molecule has 1 fully saturated rings. The van der Waals surface area contributed by atoms with Gasteiger partial charge in [0, 0.05) is 38.3 Å². The molecule has 0 spiro atoms. The van der Waals surface area contributed by atoms with Crippen LogP contribution in [-0.4, -0.2) is 50.1 Å². The average Bonchev–Trinajstić information content (AvgIpc) is 3.36. The van der Waals surface area contributed by atoms with Crippen molar-refractivity contribution < 1.29 is 14.0 Å². The SMILES string of the molecule is CCNC(=NCc1cc(C(CC)CC)no1)NCCCOCC1CCCO1.I. The van der Waals surface area contributed by atoms with Gasteiger partial charge < -0.3 is 24.6 Å². The van der Waals surface area contributed by atoms with Crippen molar-refractivity contribution in [2.24, 2.45) is 4.99 Å². The Morgan fingerprint density at radius 2 is 2.14 bits per heavy atom. The zero-order valence-corrected chi connectivity index (χ0v) is 19.9. The lowest BCUT2D eigenvalue weighted by Crippen LogP contribution is -2.38. The minimum atomic E-state index is 0. The van der Waals surface area contributed by atoms with E-state index in [9.17, 15) is 0 Å². The molecule has 0 amide bonds. The van der Waals surface area contributed by atoms with Gasteiger partial charge in [0.25, 0.3) is 0 Å². The lowest BCUT2D eigenvalue weighted by atomic mass is 9.99. The monoisotopic (exact) mass is 508 g/mol. The highest BCUT2D eigenvalue weighted by molar-refractivity contribution is 14.0. The fraction of sp³-hybridized carbons (Fsp3) is 0.800. The molecule has 8 heteroatoms. The topological polar surface area (TPSA) is 80.9 Å². The van der Waals surface area contributed by atoms with E-state index in [1.165, 1.54) is 0 Å². The molecule has 162 valence electrons. The largest absolute Gasteiger partial charge is 0.379 e. The van der Waals surface area contributed by atoms with E-state index in [2.05, 4.69) is 41.6 Å². The van der Waals surface area contributed by atoms with E-state index in [4.69, 9.17) is 14.0 Å². The molecule has 1 aromatic heterocycles. The Morgan fingerprint density at radius 3 is 2.82 bits per heavy atom. The second kappa shape index (κ2) is 15.0. The predicted molar refractivity (Wildman–Crippen MR) is 122 cm³/mol. The van der Waals surface area contributed by atoms with Crippen LogP contribution in [0.25, 0.3) is 0 Å². The summed E-state index contributed by atoms with van der Waals surface area (Å²) in [5, 5.41) is 10.8. The Labute approximate surface area is 186 Å². The van der Waals surface area contributed by atoms with Crippen LogP contribution in [-0.2, 0) is 16.0 Å². The first-order valence-electron chi connectivity index (χ1n) is 10.4. The Hall–Kier alpha value is -0.870. The molecule has 0 aliphatic carbocycles. The summed E-state index contributed by atoms with van der Waals surface area (Å²) in [7, 11) is 0. The Morgan fingerprint density at radius 1 is 1.32 bits per heavy atom. The highest BCUT2D eigenvalue weighted by Gasteiger charge is 2.15. The zero-order valence-electron chi connectivity index (χ0n) is 17.5. The van der Waals surface area contributed by atoms with Crippen molar-refractivity contribution in [3.05, 3.63) is 17.5 Å². The minimum Gasteiger partial charge on any atom is -0.379 e. The van der Waals surface area contributed by atoms with Crippen LogP contribution in [0, 0.1) is 0 Å². The van der Waals surface area contributed by atoms with Crippen LogP contribution < -0.4 is 10.6 Å². The van der Waals surface area contributed by atoms with Crippen LogP contribution in [0.4, 0.5) is 0 Å². The predicted octanol–water partition coefficient (Wildman–Crippen LogP) is 3.84. The maximum atomic E-state index is 5.69. The first-order chi connectivity index (χ1) is 13.3. The van der Waals surface area contributed by atoms with Crippen LogP contribution in [0.2, 0.25) is 0 Å². The van der Waals surface area contributed by atoms with Gasteiger partial charge >= 0.3 is 0 Å². The Bertz CT molecular complexity index is 543. The number of guanidine groups is 1. The van der Waals surface area contributed by atoms with Gasteiger partial charge in [-0.25, -0.2) is 4.99 Å². The molecule has 1 atom stereocenters. The van der Waals surface area contributed by atoms with Gasteiger partial charge in [-0.3, -0.25) is 0 Å². The summed E-state index contributed by atoms with van der Waals surface area (Å²) in [6.45, 7) is 10.8. The summed E-state index contributed by atoms with van der Waals surface area (Å²) < 4.78 is 16.7. The summed E-state index contributed by atoms with van der Waals surface area (Å²) >= 11 is 0. The van der Waals surface area contributed by atoms with Crippen molar-refractivity contribution in [2.45, 2.75) is 71.4 Å². The van der Waals surface area contributed by atoms with E-state index >= 15 is 0 Å². The lowest BCUT2D eigenvalue weighted by Gasteiger charge is -2.12. The van der Waals surface area contributed by atoms with E-state index < -0.39 is 0 Å². The highest BCUT2D eigenvalue weighted by Crippen LogP contribution is 2.22. The smallest absolute Gasteiger partial charge is 0.191 e. The van der Waals surface area contributed by atoms with Crippen LogP contribution >= 0.6 is 24.0 Å². The molecule has 0 bridgehead atoms. The standard InChI is InChI=1S/C20H36N4O3.HI/c1-4-16(5-2)19-13-18(27-24-19)14-23-20(21-6-3)22-10-8-11-25-15-17-9-7-12-26-17;/h13,16-17H,4-12,14-15H2,1-3H3,(H2,21,22,23);1H. The lowest BCUT2D eigenvalue weighted by molar-refractivity contribution is 0.0168. The highest BCUT2D eigenvalue weighted by atomic mass is 127. The molecule has 2 N–H and O–H groups in total. The third-order valence-corrected chi connectivity index (χ3v) is 4.80. The average molecular weight is 508 g/mol. The van der Waals surface area contributed by atoms with Gasteiger partial charge in [0.05, 0.1) is 18.4 Å². The summed E-state index contributed by atoms with van der Waals surface area (Å²) in [6, 6.07) is 2.03. The van der Waals surface area contributed by atoms with E-state index in [-0.39, 0.29) is 24.0 Å². The summed E-state index contributed by atoms with van der Waals surface area (Å²) in [5.41, 5.74) is 1.03. The number of nitrogens with zero attached hydrogens (tertiary/aromatic N) is 2. The first kappa shape index (κ1) is 25.2. The molecule has 28 heavy (non-hydrogen) atoms. The molecule has 1 saturated heterocycles. The molecule has 1 aliphatic heterocycles. The maximum Gasteiger partial charge on any atom is 0.191 e. The quantitative estimate of drug-likeness (QED) is 0.193. The second-order valence-corrected chi connectivity index (χ2v) is 6.92. The number of halogens is 1. The van der Waals surface area contributed by atoms with Gasteiger partial charge in [0.15, 0.2) is 11.7 Å². The molecule has 1 aromatic rings.